The van der Waals surface area contributed by atoms with Gasteiger partial charge in [0.05, 0.1) is 31.0 Å². The number of halogens is 2. The Morgan fingerprint density at radius 3 is 2.28 bits per heavy atom. The molecule has 11 heteroatoms. The molecule has 3 aromatic rings. The van der Waals surface area contributed by atoms with Crippen molar-refractivity contribution in [2.45, 2.75) is 11.8 Å². The first-order valence-electron chi connectivity index (χ1n) is 8.07. The van der Waals surface area contributed by atoms with Gasteiger partial charge < -0.3 is 4.74 Å². The van der Waals surface area contributed by atoms with Gasteiger partial charge in [0, 0.05) is 21.7 Å². The normalized spacial score (nSPS) is 11.4. The standard InChI is InChI=1S/C18H15Cl2N3O4S2/c1-28-18-21-8-15(9-22-18)27-17-4-11(10-26-29(2,24)25)3-16(23-17)12-5-13(19)7-14(20)6-12/h3-9H,10H2,1-2H3. The lowest BCUT2D eigenvalue weighted by atomic mass is 10.1. The molecule has 29 heavy (non-hydrogen) atoms. The fourth-order valence-electron chi connectivity index (χ4n) is 2.30. The van der Waals surface area contributed by atoms with Crippen LogP contribution in [0, 0.1) is 0 Å². The maximum absolute atomic E-state index is 11.4. The third kappa shape index (κ3) is 6.55. The summed E-state index contributed by atoms with van der Waals surface area (Å²) in [6.45, 7) is -0.180. The zero-order chi connectivity index (χ0) is 21.0. The molecule has 0 aliphatic carbocycles. The SMILES string of the molecule is CSc1ncc(Oc2cc(COS(C)(=O)=O)cc(-c3cc(Cl)cc(Cl)c3)n2)cn1. The fourth-order valence-corrected chi connectivity index (χ4v) is 3.50. The summed E-state index contributed by atoms with van der Waals surface area (Å²) in [6, 6.07) is 8.23. The van der Waals surface area contributed by atoms with Gasteiger partial charge in [-0.05, 0) is 36.1 Å². The molecular formula is C18H15Cl2N3O4S2. The van der Waals surface area contributed by atoms with Crippen molar-refractivity contribution < 1.29 is 17.3 Å². The van der Waals surface area contributed by atoms with Gasteiger partial charge in [0.1, 0.15) is 0 Å². The molecule has 0 aliphatic rings. The van der Waals surface area contributed by atoms with Crippen molar-refractivity contribution >= 4 is 45.1 Å². The van der Waals surface area contributed by atoms with Crippen molar-refractivity contribution in [1.82, 2.24) is 15.0 Å². The molecule has 0 fully saturated rings. The number of ether oxygens (including phenoxy) is 1. The highest BCUT2D eigenvalue weighted by Gasteiger charge is 2.11. The molecular weight excluding hydrogens is 457 g/mol. The van der Waals surface area contributed by atoms with E-state index in [-0.39, 0.29) is 12.5 Å². The average molecular weight is 472 g/mol. The quantitative estimate of drug-likeness (QED) is 0.274. The van der Waals surface area contributed by atoms with Crippen LogP contribution < -0.4 is 4.74 Å². The zero-order valence-electron chi connectivity index (χ0n) is 15.3. The van der Waals surface area contributed by atoms with Gasteiger partial charge in [-0.1, -0.05) is 35.0 Å². The topological polar surface area (TPSA) is 91.3 Å². The Hall–Kier alpha value is -1.91. The molecule has 0 saturated heterocycles. The van der Waals surface area contributed by atoms with E-state index in [4.69, 9.17) is 32.1 Å². The minimum atomic E-state index is -3.62. The Balaban J connectivity index is 1.99. The number of rotatable bonds is 7. The third-order valence-corrected chi connectivity index (χ3v) is 5.03. The first-order chi connectivity index (χ1) is 13.7. The lowest BCUT2D eigenvalue weighted by Gasteiger charge is -2.11. The van der Waals surface area contributed by atoms with Crippen LogP contribution in [-0.2, 0) is 20.9 Å². The van der Waals surface area contributed by atoms with Crippen molar-refractivity contribution in [2.24, 2.45) is 0 Å². The Morgan fingerprint density at radius 1 is 1.03 bits per heavy atom. The first-order valence-corrected chi connectivity index (χ1v) is 11.9. The van der Waals surface area contributed by atoms with Gasteiger partial charge in [0.15, 0.2) is 10.9 Å². The molecule has 0 atom stereocenters. The Labute approximate surface area is 182 Å². The van der Waals surface area contributed by atoms with Crippen molar-refractivity contribution in [1.29, 1.82) is 0 Å². The highest BCUT2D eigenvalue weighted by atomic mass is 35.5. The Kier molecular flexibility index (Phi) is 6.97. The lowest BCUT2D eigenvalue weighted by molar-refractivity contribution is 0.311. The van der Waals surface area contributed by atoms with Crippen LogP contribution in [0.2, 0.25) is 10.0 Å². The van der Waals surface area contributed by atoms with Crippen molar-refractivity contribution in [3.8, 4) is 22.9 Å². The molecule has 2 heterocycles. The van der Waals surface area contributed by atoms with Crippen LogP contribution in [0.15, 0.2) is 47.9 Å². The second-order valence-corrected chi connectivity index (χ2v) is 9.12. The van der Waals surface area contributed by atoms with Crippen molar-refractivity contribution in [3.05, 3.63) is 58.3 Å². The van der Waals surface area contributed by atoms with E-state index in [1.54, 1.807) is 30.3 Å². The minimum absolute atomic E-state index is 0.180. The highest BCUT2D eigenvalue weighted by molar-refractivity contribution is 7.98. The summed E-state index contributed by atoms with van der Waals surface area (Å²) in [5.74, 6) is 0.595. The molecule has 0 saturated carbocycles. The predicted molar refractivity (Wildman–Crippen MR) is 113 cm³/mol. The summed E-state index contributed by atoms with van der Waals surface area (Å²) in [5, 5.41) is 1.49. The molecule has 3 rings (SSSR count). The minimum Gasteiger partial charge on any atom is -0.436 e. The number of hydrogen-bond donors (Lipinski definition) is 0. The van der Waals surface area contributed by atoms with E-state index >= 15 is 0 Å². The predicted octanol–water partition coefficient (Wildman–Crippen LogP) is 4.84. The molecule has 0 bridgehead atoms. The van der Waals surface area contributed by atoms with Gasteiger partial charge in [0.25, 0.3) is 10.1 Å². The van der Waals surface area contributed by atoms with E-state index in [0.717, 1.165) is 6.26 Å². The van der Waals surface area contributed by atoms with Gasteiger partial charge in [0.2, 0.25) is 5.88 Å². The van der Waals surface area contributed by atoms with Crippen LogP contribution in [0.25, 0.3) is 11.3 Å². The molecule has 7 nitrogen and oxygen atoms in total. The summed E-state index contributed by atoms with van der Waals surface area (Å²) in [5.41, 5.74) is 1.66. The molecule has 152 valence electrons. The largest absolute Gasteiger partial charge is 0.436 e. The van der Waals surface area contributed by atoms with Crippen molar-refractivity contribution in [2.75, 3.05) is 12.5 Å². The van der Waals surface area contributed by atoms with Gasteiger partial charge >= 0.3 is 0 Å². The summed E-state index contributed by atoms with van der Waals surface area (Å²) in [4.78, 5) is 12.8. The number of nitrogens with zero attached hydrogens (tertiary/aromatic N) is 3. The zero-order valence-corrected chi connectivity index (χ0v) is 18.4. The highest BCUT2D eigenvalue weighted by Crippen LogP contribution is 2.30. The second kappa shape index (κ2) is 9.27. The number of pyridine rings is 1. The van der Waals surface area contributed by atoms with Crippen LogP contribution >= 0.6 is 35.0 Å². The summed E-state index contributed by atoms with van der Waals surface area (Å²) in [7, 11) is -3.62. The maximum Gasteiger partial charge on any atom is 0.264 e. The molecule has 1 aromatic carbocycles. The van der Waals surface area contributed by atoms with E-state index in [1.807, 2.05) is 6.26 Å². The summed E-state index contributed by atoms with van der Waals surface area (Å²) >= 11 is 13.6. The van der Waals surface area contributed by atoms with Crippen LogP contribution in [0.3, 0.4) is 0 Å². The van der Waals surface area contributed by atoms with Gasteiger partial charge in [-0.3, -0.25) is 4.18 Å². The second-order valence-electron chi connectivity index (χ2n) is 5.83. The molecule has 0 radical (unpaired) electrons. The van der Waals surface area contributed by atoms with Crippen LogP contribution in [0.1, 0.15) is 5.56 Å². The van der Waals surface area contributed by atoms with E-state index in [2.05, 4.69) is 15.0 Å². The van der Waals surface area contributed by atoms with Gasteiger partial charge in [-0.2, -0.15) is 8.42 Å². The van der Waals surface area contributed by atoms with Crippen LogP contribution in [-0.4, -0.2) is 35.9 Å². The molecule has 0 N–H and O–H groups in total. The van der Waals surface area contributed by atoms with E-state index < -0.39 is 10.1 Å². The van der Waals surface area contributed by atoms with E-state index in [9.17, 15) is 8.42 Å². The molecule has 0 unspecified atom stereocenters. The first kappa shape index (κ1) is 21.8. The third-order valence-electron chi connectivity index (χ3n) is 3.47. The number of hydrogen-bond acceptors (Lipinski definition) is 8. The number of aromatic nitrogens is 3. The van der Waals surface area contributed by atoms with Crippen LogP contribution in [0.5, 0.6) is 11.6 Å². The molecule has 2 aromatic heterocycles. The van der Waals surface area contributed by atoms with E-state index in [0.29, 0.717) is 37.8 Å². The summed E-state index contributed by atoms with van der Waals surface area (Å²) in [6.07, 6.45) is 5.89. The van der Waals surface area contributed by atoms with E-state index in [1.165, 1.54) is 24.2 Å². The van der Waals surface area contributed by atoms with Gasteiger partial charge in [-0.15, -0.1) is 0 Å². The van der Waals surface area contributed by atoms with Gasteiger partial charge in [-0.25, -0.2) is 15.0 Å². The number of thioether (sulfide) groups is 1. The molecule has 0 aliphatic heterocycles. The lowest BCUT2D eigenvalue weighted by Crippen LogP contribution is -2.03. The fraction of sp³-hybridized carbons (Fsp3) is 0.167. The molecule has 0 spiro atoms. The Bertz CT molecular complexity index is 1110. The van der Waals surface area contributed by atoms with Crippen LogP contribution in [0.4, 0.5) is 0 Å². The Morgan fingerprint density at radius 2 is 1.69 bits per heavy atom. The molecule has 0 amide bonds. The average Bonchev–Trinajstić information content (AvgIpc) is 2.65. The maximum atomic E-state index is 11.4. The smallest absolute Gasteiger partial charge is 0.264 e. The number of benzene rings is 1. The summed E-state index contributed by atoms with van der Waals surface area (Å²) < 4.78 is 33.4. The monoisotopic (exact) mass is 471 g/mol. The van der Waals surface area contributed by atoms with Crippen molar-refractivity contribution in [3.63, 3.8) is 0 Å².